The normalized spacial score (nSPS) is 11.5. The van der Waals surface area contributed by atoms with Gasteiger partial charge in [-0.2, -0.15) is 0 Å². The number of hydroxylamine groups is 1. The molecule has 4 aromatic rings. The fourth-order valence-corrected chi connectivity index (χ4v) is 4.40. The molecule has 0 fully saturated rings. The van der Waals surface area contributed by atoms with Crippen LogP contribution in [0.1, 0.15) is 35.1 Å². The monoisotopic (exact) mass is 467 g/mol. The number of nitrogens with one attached hydrogen (secondary N) is 2. The van der Waals surface area contributed by atoms with E-state index in [0.29, 0.717) is 0 Å². The fraction of sp³-hybridized carbons (Fsp3) is 0.233. The third-order valence-electron chi connectivity index (χ3n) is 6.33. The van der Waals surface area contributed by atoms with Gasteiger partial charge >= 0.3 is 0 Å². The van der Waals surface area contributed by atoms with Gasteiger partial charge in [0.25, 0.3) is 5.91 Å². The first-order valence-corrected chi connectivity index (χ1v) is 12.2. The average Bonchev–Trinajstić information content (AvgIpc) is 3.32. The van der Waals surface area contributed by atoms with Gasteiger partial charge in [-0.1, -0.05) is 72.8 Å². The van der Waals surface area contributed by atoms with Crippen molar-refractivity contribution in [2.24, 2.45) is 0 Å². The highest BCUT2D eigenvalue weighted by Crippen LogP contribution is 2.19. The molecule has 0 aliphatic carbocycles. The second kappa shape index (κ2) is 12.7. The largest absolute Gasteiger partial charge is 0.361 e. The van der Waals surface area contributed by atoms with Gasteiger partial charge in [0.2, 0.25) is 0 Å². The molecule has 0 unspecified atom stereocenters. The number of amides is 1. The van der Waals surface area contributed by atoms with E-state index in [1.165, 1.54) is 40.1 Å². The minimum absolute atomic E-state index is 0.534. The SMILES string of the molecule is O=C(/C=C/c1ccc(CN(CCCCc2ccccc2)CCc2c[nH]c3ccccc23)cc1)NO. The fourth-order valence-electron chi connectivity index (χ4n) is 4.40. The maximum atomic E-state index is 11.2. The van der Waals surface area contributed by atoms with Crippen molar-refractivity contribution >= 4 is 22.9 Å². The molecule has 0 saturated carbocycles. The number of hydrogen-bond donors (Lipinski definition) is 3. The van der Waals surface area contributed by atoms with Gasteiger partial charge in [-0.05, 0) is 66.6 Å². The van der Waals surface area contributed by atoms with Gasteiger partial charge in [0.05, 0.1) is 0 Å². The third kappa shape index (κ3) is 7.41. The Bertz CT molecular complexity index is 1230. The van der Waals surface area contributed by atoms with Gasteiger partial charge in [-0.25, -0.2) is 5.48 Å². The number of rotatable bonds is 12. The van der Waals surface area contributed by atoms with Crippen LogP contribution in [0.3, 0.4) is 0 Å². The van der Waals surface area contributed by atoms with Crippen LogP contribution >= 0.6 is 0 Å². The number of hydrogen-bond acceptors (Lipinski definition) is 3. The molecule has 5 heteroatoms. The van der Waals surface area contributed by atoms with E-state index in [1.54, 1.807) is 11.6 Å². The highest BCUT2D eigenvalue weighted by atomic mass is 16.5. The number of aromatic amines is 1. The Morgan fingerprint density at radius 1 is 0.857 bits per heavy atom. The zero-order valence-corrected chi connectivity index (χ0v) is 20.0. The summed E-state index contributed by atoms with van der Waals surface area (Å²) in [6.45, 7) is 2.92. The Kier molecular flexibility index (Phi) is 8.87. The van der Waals surface area contributed by atoms with E-state index in [2.05, 4.69) is 82.8 Å². The first kappa shape index (κ1) is 24.5. The topological polar surface area (TPSA) is 68.4 Å². The maximum Gasteiger partial charge on any atom is 0.267 e. The summed E-state index contributed by atoms with van der Waals surface area (Å²) in [4.78, 5) is 17.1. The number of unbranched alkanes of at least 4 members (excludes halogenated alkanes) is 1. The summed E-state index contributed by atoms with van der Waals surface area (Å²) >= 11 is 0. The van der Waals surface area contributed by atoms with Crippen LogP contribution in [0.15, 0.2) is 91.1 Å². The van der Waals surface area contributed by atoms with E-state index < -0.39 is 5.91 Å². The quantitative estimate of drug-likeness (QED) is 0.107. The lowest BCUT2D eigenvalue weighted by molar-refractivity contribution is -0.124. The predicted molar refractivity (Wildman–Crippen MR) is 142 cm³/mol. The molecule has 0 bridgehead atoms. The summed E-state index contributed by atoms with van der Waals surface area (Å²) in [7, 11) is 0. The van der Waals surface area contributed by atoms with Crippen LogP contribution in [0.4, 0.5) is 0 Å². The molecule has 0 aliphatic rings. The number of para-hydroxylation sites is 1. The molecule has 0 saturated heterocycles. The van der Waals surface area contributed by atoms with Crippen molar-refractivity contribution in [3.05, 3.63) is 113 Å². The van der Waals surface area contributed by atoms with Crippen molar-refractivity contribution in [3.8, 4) is 0 Å². The molecule has 35 heavy (non-hydrogen) atoms. The second-order valence-electron chi connectivity index (χ2n) is 8.88. The number of carbonyl (C=O) groups is 1. The molecular formula is C30H33N3O2. The average molecular weight is 468 g/mol. The third-order valence-corrected chi connectivity index (χ3v) is 6.33. The minimum atomic E-state index is -0.534. The number of aryl methyl sites for hydroxylation is 1. The number of aromatic nitrogens is 1. The number of nitrogens with zero attached hydrogens (tertiary/aromatic N) is 1. The lowest BCUT2D eigenvalue weighted by atomic mass is 10.1. The van der Waals surface area contributed by atoms with Gasteiger partial charge in [-0.15, -0.1) is 0 Å². The first-order valence-electron chi connectivity index (χ1n) is 12.2. The standard InChI is InChI=1S/C30H33N3O2/c34-30(32-35)18-17-25-13-15-26(16-14-25)23-33(20-7-6-10-24-8-2-1-3-9-24)21-19-27-22-31-29-12-5-4-11-28(27)29/h1-5,8-9,11-18,22,31,35H,6-7,10,19-21,23H2,(H,32,34)/b18-17+. The Balaban J connectivity index is 1.37. The first-order chi connectivity index (χ1) is 17.2. The van der Waals surface area contributed by atoms with Crippen molar-refractivity contribution in [1.29, 1.82) is 0 Å². The van der Waals surface area contributed by atoms with Gasteiger partial charge < -0.3 is 4.98 Å². The highest BCUT2D eigenvalue weighted by molar-refractivity contribution is 5.90. The van der Waals surface area contributed by atoms with Crippen molar-refractivity contribution in [2.75, 3.05) is 13.1 Å². The highest BCUT2D eigenvalue weighted by Gasteiger charge is 2.09. The molecule has 1 amide bonds. The van der Waals surface area contributed by atoms with Crippen LogP contribution in [0.2, 0.25) is 0 Å². The maximum absolute atomic E-state index is 11.2. The molecule has 0 radical (unpaired) electrons. The van der Waals surface area contributed by atoms with Crippen molar-refractivity contribution in [1.82, 2.24) is 15.4 Å². The van der Waals surface area contributed by atoms with Crippen LogP contribution in [-0.4, -0.2) is 34.1 Å². The Hall–Kier alpha value is -3.67. The van der Waals surface area contributed by atoms with Gasteiger partial charge in [-0.3, -0.25) is 14.9 Å². The van der Waals surface area contributed by atoms with Crippen LogP contribution in [0.25, 0.3) is 17.0 Å². The van der Waals surface area contributed by atoms with Gasteiger partial charge in [0.1, 0.15) is 0 Å². The predicted octanol–water partition coefficient (Wildman–Crippen LogP) is 5.75. The molecule has 3 N–H and O–H groups in total. The van der Waals surface area contributed by atoms with Crippen LogP contribution in [0.5, 0.6) is 0 Å². The zero-order valence-electron chi connectivity index (χ0n) is 20.0. The lowest BCUT2D eigenvalue weighted by Gasteiger charge is -2.22. The van der Waals surface area contributed by atoms with E-state index >= 15 is 0 Å². The number of carbonyl (C=O) groups excluding carboxylic acids is 1. The minimum Gasteiger partial charge on any atom is -0.361 e. The lowest BCUT2D eigenvalue weighted by Crippen LogP contribution is -2.27. The van der Waals surface area contributed by atoms with Crippen molar-refractivity contribution in [2.45, 2.75) is 32.2 Å². The van der Waals surface area contributed by atoms with E-state index in [1.807, 2.05) is 12.1 Å². The van der Waals surface area contributed by atoms with Crippen molar-refractivity contribution < 1.29 is 10.0 Å². The van der Waals surface area contributed by atoms with Crippen LogP contribution in [-0.2, 0) is 24.2 Å². The smallest absolute Gasteiger partial charge is 0.267 e. The number of H-pyrrole nitrogens is 1. The molecule has 0 aliphatic heterocycles. The van der Waals surface area contributed by atoms with Crippen molar-refractivity contribution in [3.63, 3.8) is 0 Å². The molecule has 180 valence electrons. The van der Waals surface area contributed by atoms with E-state index in [-0.39, 0.29) is 0 Å². The Labute approximate surface area is 207 Å². The number of fused-ring (bicyclic) bond motifs is 1. The summed E-state index contributed by atoms with van der Waals surface area (Å²) in [6, 6.07) is 27.4. The Morgan fingerprint density at radius 3 is 2.43 bits per heavy atom. The molecule has 0 atom stereocenters. The van der Waals surface area contributed by atoms with Crippen LogP contribution in [0, 0.1) is 0 Å². The summed E-state index contributed by atoms with van der Waals surface area (Å²) in [6.07, 6.45) is 9.58. The molecule has 4 rings (SSSR count). The molecular weight excluding hydrogens is 434 g/mol. The van der Waals surface area contributed by atoms with E-state index in [0.717, 1.165) is 44.5 Å². The number of benzene rings is 3. The van der Waals surface area contributed by atoms with E-state index in [4.69, 9.17) is 5.21 Å². The summed E-state index contributed by atoms with van der Waals surface area (Å²) < 4.78 is 0. The van der Waals surface area contributed by atoms with E-state index in [9.17, 15) is 4.79 Å². The van der Waals surface area contributed by atoms with Gasteiger partial charge in [0, 0.05) is 36.3 Å². The molecule has 0 spiro atoms. The Morgan fingerprint density at radius 2 is 1.63 bits per heavy atom. The summed E-state index contributed by atoms with van der Waals surface area (Å²) in [5, 5.41) is 9.93. The van der Waals surface area contributed by atoms with Gasteiger partial charge in [0.15, 0.2) is 0 Å². The molecule has 3 aromatic carbocycles. The molecule has 1 heterocycles. The summed E-state index contributed by atoms with van der Waals surface area (Å²) in [5.74, 6) is -0.534. The van der Waals surface area contributed by atoms with Crippen LogP contribution < -0.4 is 5.48 Å². The molecule has 5 nitrogen and oxygen atoms in total. The zero-order chi connectivity index (χ0) is 24.3. The molecule has 1 aromatic heterocycles. The summed E-state index contributed by atoms with van der Waals surface area (Å²) in [5.41, 5.74) is 7.73. The second-order valence-corrected chi connectivity index (χ2v) is 8.88.